The number of hydrogen-bond donors (Lipinski definition) is 2. The Morgan fingerprint density at radius 3 is 2.53 bits per heavy atom. The molecular weight excluding hydrogens is 212 g/mol. The molecule has 1 amide bonds. The molecule has 5 heteroatoms. The average Bonchev–Trinajstić information content (AvgIpc) is 2.65. The highest BCUT2D eigenvalue weighted by molar-refractivity contribution is 7.80. The lowest BCUT2D eigenvalue weighted by atomic mass is 10.2. The molecule has 0 bridgehead atoms. The first-order valence-corrected chi connectivity index (χ1v) is 5.74. The van der Waals surface area contributed by atoms with Crippen molar-refractivity contribution in [1.82, 2.24) is 4.90 Å². The van der Waals surface area contributed by atoms with E-state index in [4.69, 9.17) is 23.1 Å². The van der Waals surface area contributed by atoms with E-state index in [1.165, 1.54) is 0 Å². The van der Waals surface area contributed by atoms with Crippen LogP contribution in [0.5, 0.6) is 0 Å². The summed E-state index contributed by atoms with van der Waals surface area (Å²) < 4.78 is 0. The standard InChI is InChI=1S/C10H18N2O2S/c11-9(15)7-10(14)12(5-6-13)8-3-1-2-4-8/h8,13H,1-7H2,(H2,11,15). The molecule has 1 rings (SSSR count). The third-order valence-corrected chi connectivity index (χ3v) is 2.90. The quantitative estimate of drug-likeness (QED) is 0.672. The van der Waals surface area contributed by atoms with Crippen molar-refractivity contribution >= 4 is 23.1 Å². The summed E-state index contributed by atoms with van der Waals surface area (Å²) in [4.78, 5) is 13.7. The molecular formula is C10H18N2O2S. The first-order valence-electron chi connectivity index (χ1n) is 5.33. The predicted octanol–water partition coefficient (Wildman–Crippen LogP) is 0.426. The SMILES string of the molecule is NC(=S)CC(=O)N(CCO)C1CCCC1. The zero-order valence-electron chi connectivity index (χ0n) is 8.82. The second-order valence-electron chi connectivity index (χ2n) is 3.89. The highest BCUT2D eigenvalue weighted by Gasteiger charge is 2.26. The summed E-state index contributed by atoms with van der Waals surface area (Å²) in [6.45, 7) is 0.395. The van der Waals surface area contributed by atoms with Crippen LogP contribution in [0.2, 0.25) is 0 Å². The number of carbonyl (C=O) groups is 1. The fraction of sp³-hybridized carbons (Fsp3) is 0.800. The van der Waals surface area contributed by atoms with E-state index in [0.29, 0.717) is 6.54 Å². The Morgan fingerprint density at radius 2 is 2.07 bits per heavy atom. The predicted molar refractivity (Wildman–Crippen MR) is 62.5 cm³/mol. The number of hydrogen-bond acceptors (Lipinski definition) is 3. The molecule has 86 valence electrons. The topological polar surface area (TPSA) is 66.6 Å². The molecule has 1 saturated carbocycles. The van der Waals surface area contributed by atoms with E-state index in [2.05, 4.69) is 0 Å². The van der Waals surface area contributed by atoms with Gasteiger partial charge in [-0.15, -0.1) is 0 Å². The molecule has 0 unspecified atom stereocenters. The normalized spacial score (nSPS) is 16.6. The van der Waals surface area contributed by atoms with Crippen molar-refractivity contribution in [2.75, 3.05) is 13.2 Å². The zero-order valence-corrected chi connectivity index (χ0v) is 9.63. The van der Waals surface area contributed by atoms with Gasteiger partial charge in [0.15, 0.2) is 0 Å². The lowest BCUT2D eigenvalue weighted by molar-refractivity contribution is -0.132. The first kappa shape index (κ1) is 12.4. The number of aliphatic hydroxyl groups is 1. The second-order valence-corrected chi connectivity index (χ2v) is 4.42. The van der Waals surface area contributed by atoms with E-state index in [-0.39, 0.29) is 30.0 Å². The van der Waals surface area contributed by atoms with Gasteiger partial charge in [0.2, 0.25) is 5.91 Å². The largest absolute Gasteiger partial charge is 0.395 e. The maximum atomic E-state index is 11.8. The molecule has 15 heavy (non-hydrogen) atoms. The minimum absolute atomic E-state index is 0.000423. The lowest BCUT2D eigenvalue weighted by Gasteiger charge is -2.28. The Kier molecular flexibility index (Phi) is 4.98. The number of aliphatic hydroxyl groups excluding tert-OH is 1. The molecule has 0 spiro atoms. The molecule has 0 atom stereocenters. The van der Waals surface area contributed by atoms with Crippen molar-refractivity contribution in [2.45, 2.75) is 38.1 Å². The van der Waals surface area contributed by atoms with Crippen molar-refractivity contribution in [3.05, 3.63) is 0 Å². The smallest absolute Gasteiger partial charge is 0.229 e. The summed E-state index contributed by atoms with van der Waals surface area (Å²) in [6, 6.07) is 0.277. The molecule has 0 heterocycles. The average molecular weight is 230 g/mol. The van der Waals surface area contributed by atoms with Crippen molar-refractivity contribution in [3.8, 4) is 0 Å². The van der Waals surface area contributed by atoms with Crippen molar-refractivity contribution in [3.63, 3.8) is 0 Å². The maximum absolute atomic E-state index is 11.8. The molecule has 1 aliphatic carbocycles. The van der Waals surface area contributed by atoms with Crippen LogP contribution in [-0.4, -0.2) is 40.1 Å². The molecule has 1 fully saturated rings. The van der Waals surface area contributed by atoms with Crippen LogP contribution in [0, 0.1) is 0 Å². The number of carbonyl (C=O) groups excluding carboxylic acids is 1. The van der Waals surface area contributed by atoms with Crippen molar-refractivity contribution in [1.29, 1.82) is 0 Å². The summed E-state index contributed by atoms with van der Waals surface area (Å²) >= 11 is 4.72. The number of amides is 1. The van der Waals surface area contributed by atoms with Gasteiger partial charge >= 0.3 is 0 Å². The minimum atomic E-state index is -0.0524. The van der Waals surface area contributed by atoms with Gasteiger partial charge in [-0.05, 0) is 12.8 Å². The fourth-order valence-electron chi connectivity index (χ4n) is 2.09. The van der Waals surface area contributed by atoms with Gasteiger partial charge < -0.3 is 15.7 Å². The van der Waals surface area contributed by atoms with Crippen LogP contribution in [-0.2, 0) is 4.79 Å². The van der Waals surface area contributed by atoms with Crippen LogP contribution in [0.4, 0.5) is 0 Å². The van der Waals surface area contributed by atoms with Crippen molar-refractivity contribution in [2.24, 2.45) is 5.73 Å². The second kappa shape index (κ2) is 6.02. The monoisotopic (exact) mass is 230 g/mol. The number of nitrogens with zero attached hydrogens (tertiary/aromatic N) is 1. The maximum Gasteiger partial charge on any atom is 0.229 e. The fourth-order valence-corrected chi connectivity index (χ4v) is 2.21. The Balaban J connectivity index is 2.55. The van der Waals surface area contributed by atoms with Crippen LogP contribution in [0.1, 0.15) is 32.1 Å². The Hall–Kier alpha value is -0.680. The van der Waals surface area contributed by atoms with Gasteiger partial charge in [-0.1, -0.05) is 25.1 Å². The van der Waals surface area contributed by atoms with E-state index < -0.39 is 0 Å². The number of nitrogens with two attached hydrogens (primary N) is 1. The number of thiocarbonyl (C=S) groups is 1. The van der Waals surface area contributed by atoms with Crippen molar-refractivity contribution < 1.29 is 9.90 Å². The third kappa shape index (κ3) is 3.76. The Bertz CT molecular complexity index is 240. The number of rotatable bonds is 5. The van der Waals surface area contributed by atoms with E-state index in [1.54, 1.807) is 4.90 Å². The Labute approximate surface area is 95.4 Å². The van der Waals surface area contributed by atoms with Gasteiger partial charge in [0.25, 0.3) is 0 Å². The molecule has 4 nitrogen and oxygen atoms in total. The zero-order chi connectivity index (χ0) is 11.3. The molecule has 0 aromatic carbocycles. The van der Waals surface area contributed by atoms with E-state index >= 15 is 0 Å². The van der Waals surface area contributed by atoms with Gasteiger partial charge in [-0.25, -0.2) is 0 Å². The summed E-state index contributed by atoms with van der Waals surface area (Å²) in [5.74, 6) is -0.0524. The molecule has 0 radical (unpaired) electrons. The molecule has 0 saturated heterocycles. The van der Waals surface area contributed by atoms with Gasteiger partial charge in [-0.3, -0.25) is 4.79 Å². The third-order valence-electron chi connectivity index (χ3n) is 2.75. The molecule has 0 aromatic heterocycles. The van der Waals surface area contributed by atoms with Crippen LogP contribution in [0.3, 0.4) is 0 Å². The highest BCUT2D eigenvalue weighted by Crippen LogP contribution is 2.23. The molecule has 1 aliphatic rings. The van der Waals surface area contributed by atoms with Gasteiger partial charge in [0.05, 0.1) is 18.0 Å². The molecule has 3 N–H and O–H groups in total. The lowest BCUT2D eigenvalue weighted by Crippen LogP contribution is -2.42. The summed E-state index contributed by atoms with van der Waals surface area (Å²) in [6.07, 6.45) is 4.50. The van der Waals surface area contributed by atoms with Crippen LogP contribution < -0.4 is 5.73 Å². The van der Waals surface area contributed by atoms with E-state index in [0.717, 1.165) is 25.7 Å². The van der Waals surface area contributed by atoms with Crippen LogP contribution in [0.15, 0.2) is 0 Å². The summed E-state index contributed by atoms with van der Waals surface area (Å²) in [5.41, 5.74) is 5.35. The molecule has 0 aromatic rings. The van der Waals surface area contributed by atoms with Gasteiger partial charge in [0, 0.05) is 12.6 Å². The van der Waals surface area contributed by atoms with E-state index in [1.807, 2.05) is 0 Å². The Morgan fingerprint density at radius 1 is 1.47 bits per heavy atom. The summed E-state index contributed by atoms with van der Waals surface area (Å²) in [7, 11) is 0. The van der Waals surface area contributed by atoms with Gasteiger partial charge in [0.1, 0.15) is 0 Å². The van der Waals surface area contributed by atoms with Crippen LogP contribution in [0.25, 0.3) is 0 Å². The minimum Gasteiger partial charge on any atom is -0.395 e. The highest BCUT2D eigenvalue weighted by atomic mass is 32.1. The van der Waals surface area contributed by atoms with Gasteiger partial charge in [-0.2, -0.15) is 0 Å². The summed E-state index contributed by atoms with van der Waals surface area (Å²) in [5, 5.41) is 8.92. The van der Waals surface area contributed by atoms with Crippen LogP contribution >= 0.6 is 12.2 Å². The van der Waals surface area contributed by atoms with E-state index in [9.17, 15) is 4.79 Å². The molecule has 0 aliphatic heterocycles. The first-order chi connectivity index (χ1) is 7.15.